The van der Waals surface area contributed by atoms with Gasteiger partial charge in [0.25, 0.3) is 0 Å². The van der Waals surface area contributed by atoms with Crippen molar-refractivity contribution in [2.75, 3.05) is 0 Å². The molecule has 4 nitrogen and oxygen atoms in total. The zero-order chi connectivity index (χ0) is 13.7. The van der Waals surface area contributed by atoms with Crippen LogP contribution < -0.4 is 0 Å². The quantitative estimate of drug-likeness (QED) is 0.776. The summed E-state index contributed by atoms with van der Waals surface area (Å²) < 4.78 is 15.5. The van der Waals surface area contributed by atoms with Crippen molar-refractivity contribution < 1.29 is 9.50 Å². The first-order chi connectivity index (χ1) is 9.74. The second-order valence-electron chi connectivity index (χ2n) is 5.06. The van der Waals surface area contributed by atoms with Gasteiger partial charge in [0.05, 0.1) is 22.8 Å². The fourth-order valence-electron chi connectivity index (χ4n) is 2.53. The van der Waals surface area contributed by atoms with Crippen LogP contribution in [0.25, 0.3) is 22.4 Å². The molecule has 0 amide bonds. The van der Waals surface area contributed by atoms with Crippen LogP contribution in [0.5, 0.6) is 5.75 Å². The van der Waals surface area contributed by atoms with E-state index in [1.807, 2.05) is 4.57 Å². The third-order valence-electron chi connectivity index (χ3n) is 3.60. The minimum atomic E-state index is -0.273. The topological polar surface area (TPSA) is 50.9 Å². The molecule has 2 heterocycles. The molecule has 0 unspecified atom stereocenters. The number of imidazole rings is 1. The van der Waals surface area contributed by atoms with Gasteiger partial charge in [-0.25, -0.2) is 9.37 Å². The Bertz CT molecular complexity index is 808. The second-order valence-corrected chi connectivity index (χ2v) is 5.06. The molecular formula is C15H12FN3O. The van der Waals surface area contributed by atoms with Gasteiger partial charge >= 0.3 is 0 Å². The molecule has 100 valence electrons. The number of hydrogen-bond donors (Lipinski definition) is 1. The highest BCUT2D eigenvalue weighted by atomic mass is 19.1. The molecule has 4 rings (SSSR count). The van der Waals surface area contributed by atoms with E-state index < -0.39 is 0 Å². The molecule has 1 aromatic carbocycles. The molecular weight excluding hydrogens is 257 g/mol. The Morgan fingerprint density at radius 2 is 2.10 bits per heavy atom. The van der Waals surface area contributed by atoms with Crippen LogP contribution in [0, 0.1) is 5.82 Å². The summed E-state index contributed by atoms with van der Waals surface area (Å²) in [4.78, 5) is 8.44. The highest BCUT2D eigenvalue weighted by molar-refractivity contribution is 5.82. The molecule has 1 aliphatic carbocycles. The van der Waals surface area contributed by atoms with Crippen LogP contribution in [0.3, 0.4) is 0 Å². The maximum atomic E-state index is 13.5. The Hall–Kier alpha value is -2.43. The smallest absolute Gasteiger partial charge is 0.145 e. The Labute approximate surface area is 114 Å². The highest BCUT2D eigenvalue weighted by Gasteiger charge is 2.29. The van der Waals surface area contributed by atoms with E-state index in [1.54, 1.807) is 18.3 Å². The Morgan fingerprint density at radius 3 is 2.85 bits per heavy atom. The maximum absolute atomic E-state index is 13.5. The summed E-state index contributed by atoms with van der Waals surface area (Å²) in [5, 5.41) is 9.98. The lowest BCUT2D eigenvalue weighted by atomic mass is 10.2. The van der Waals surface area contributed by atoms with Gasteiger partial charge in [0.1, 0.15) is 17.4 Å². The average molecular weight is 269 g/mol. The summed E-state index contributed by atoms with van der Waals surface area (Å²) in [6, 6.07) is 6.65. The SMILES string of the molecule is Oc1cnccc1-c1nc2ccc(F)cc2n1C1CC1. The number of aromatic nitrogens is 3. The molecule has 1 aliphatic rings. The summed E-state index contributed by atoms with van der Waals surface area (Å²) >= 11 is 0. The van der Waals surface area contributed by atoms with E-state index in [4.69, 9.17) is 0 Å². The molecule has 0 saturated heterocycles. The van der Waals surface area contributed by atoms with E-state index in [1.165, 1.54) is 18.3 Å². The Balaban J connectivity index is 2.04. The van der Waals surface area contributed by atoms with Crippen molar-refractivity contribution in [2.45, 2.75) is 18.9 Å². The fourth-order valence-corrected chi connectivity index (χ4v) is 2.53. The normalized spacial score (nSPS) is 14.8. The molecule has 1 N–H and O–H groups in total. The minimum Gasteiger partial charge on any atom is -0.506 e. The largest absolute Gasteiger partial charge is 0.506 e. The van der Waals surface area contributed by atoms with Gasteiger partial charge in [-0.1, -0.05) is 0 Å². The number of fused-ring (bicyclic) bond motifs is 1. The molecule has 3 aromatic rings. The predicted octanol–water partition coefficient (Wildman–Crippen LogP) is 3.28. The zero-order valence-electron chi connectivity index (χ0n) is 10.6. The molecule has 1 fully saturated rings. The monoisotopic (exact) mass is 269 g/mol. The molecule has 2 aromatic heterocycles. The summed E-state index contributed by atoms with van der Waals surface area (Å²) in [7, 11) is 0. The number of aromatic hydroxyl groups is 1. The fraction of sp³-hybridized carbons (Fsp3) is 0.200. The van der Waals surface area contributed by atoms with E-state index >= 15 is 0 Å². The van der Waals surface area contributed by atoms with Gasteiger partial charge in [0.2, 0.25) is 0 Å². The van der Waals surface area contributed by atoms with Crippen LogP contribution >= 0.6 is 0 Å². The van der Waals surface area contributed by atoms with Gasteiger partial charge < -0.3 is 9.67 Å². The van der Waals surface area contributed by atoms with E-state index in [0.29, 0.717) is 17.4 Å². The lowest BCUT2D eigenvalue weighted by molar-refractivity contribution is 0.474. The standard InChI is InChI=1S/C15H12FN3O/c16-9-1-4-12-13(7-9)19(10-2-3-10)15(18-12)11-5-6-17-8-14(11)20/h1,4-8,10,20H,2-3H2. The third kappa shape index (κ3) is 1.66. The van der Waals surface area contributed by atoms with Crippen molar-refractivity contribution in [3.05, 3.63) is 42.5 Å². The van der Waals surface area contributed by atoms with Crippen LogP contribution in [0.1, 0.15) is 18.9 Å². The molecule has 1 saturated carbocycles. The van der Waals surface area contributed by atoms with E-state index in [0.717, 1.165) is 23.9 Å². The first-order valence-corrected chi connectivity index (χ1v) is 6.55. The summed E-state index contributed by atoms with van der Waals surface area (Å²) in [5.74, 6) is 0.489. The van der Waals surface area contributed by atoms with Gasteiger partial charge in [0, 0.05) is 12.2 Å². The van der Waals surface area contributed by atoms with E-state index in [9.17, 15) is 9.50 Å². The van der Waals surface area contributed by atoms with Gasteiger partial charge in [-0.15, -0.1) is 0 Å². The lowest BCUT2D eigenvalue weighted by Gasteiger charge is -2.08. The predicted molar refractivity (Wildman–Crippen MR) is 72.9 cm³/mol. The van der Waals surface area contributed by atoms with Crippen LogP contribution in [0.2, 0.25) is 0 Å². The first-order valence-electron chi connectivity index (χ1n) is 6.55. The lowest BCUT2D eigenvalue weighted by Crippen LogP contribution is -1.98. The number of nitrogens with zero attached hydrogens (tertiary/aromatic N) is 3. The third-order valence-corrected chi connectivity index (χ3v) is 3.60. The number of pyridine rings is 1. The number of halogens is 1. The van der Waals surface area contributed by atoms with Crippen molar-refractivity contribution >= 4 is 11.0 Å². The van der Waals surface area contributed by atoms with Crippen LogP contribution in [0.4, 0.5) is 4.39 Å². The molecule has 0 bridgehead atoms. The number of benzene rings is 1. The Kier molecular flexibility index (Phi) is 2.30. The van der Waals surface area contributed by atoms with Crippen molar-refractivity contribution in [2.24, 2.45) is 0 Å². The van der Waals surface area contributed by atoms with Crippen LogP contribution in [0.15, 0.2) is 36.7 Å². The van der Waals surface area contributed by atoms with Gasteiger partial charge in [-0.3, -0.25) is 4.98 Å². The Morgan fingerprint density at radius 1 is 1.25 bits per heavy atom. The van der Waals surface area contributed by atoms with E-state index in [-0.39, 0.29) is 11.6 Å². The first kappa shape index (κ1) is 11.4. The molecule has 0 atom stereocenters. The summed E-state index contributed by atoms with van der Waals surface area (Å²) in [6.07, 6.45) is 5.13. The molecule has 0 aliphatic heterocycles. The molecule has 0 radical (unpaired) electrons. The van der Waals surface area contributed by atoms with Gasteiger partial charge in [-0.2, -0.15) is 0 Å². The number of rotatable bonds is 2. The van der Waals surface area contributed by atoms with Gasteiger partial charge in [0.15, 0.2) is 0 Å². The summed E-state index contributed by atoms with van der Waals surface area (Å²) in [5.41, 5.74) is 2.15. The second kappa shape index (κ2) is 4.03. The van der Waals surface area contributed by atoms with Crippen molar-refractivity contribution in [3.63, 3.8) is 0 Å². The zero-order valence-corrected chi connectivity index (χ0v) is 10.6. The van der Waals surface area contributed by atoms with E-state index in [2.05, 4.69) is 9.97 Å². The molecule has 20 heavy (non-hydrogen) atoms. The average Bonchev–Trinajstić information content (AvgIpc) is 3.20. The minimum absolute atomic E-state index is 0.0881. The van der Waals surface area contributed by atoms with Gasteiger partial charge in [-0.05, 0) is 37.1 Å². The highest BCUT2D eigenvalue weighted by Crippen LogP contribution is 2.42. The maximum Gasteiger partial charge on any atom is 0.145 e. The van der Waals surface area contributed by atoms with Crippen molar-refractivity contribution in [3.8, 4) is 17.1 Å². The van der Waals surface area contributed by atoms with Crippen molar-refractivity contribution in [1.29, 1.82) is 0 Å². The number of hydrogen-bond acceptors (Lipinski definition) is 3. The molecule has 5 heteroatoms. The van der Waals surface area contributed by atoms with Crippen LogP contribution in [-0.2, 0) is 0 Å². The van der Waals surface area contributed by atoms with Crippen molar-refractivity contribution in [1.82, 2.24) is 14.5 Å². The van der Waals surface area contributed by atoms with Crippen LogP contribution in [-0.4, -0.2) is 19.6 Å². The summed E-state index contributed by atoms with van der Waals surface area (Å²) in [6.45, 7) is 0. The molecule has 0 spiro atoms.